The number of ether oxygens (including phenoxy) is 3. The van der Waals surface area contributed by atoms with Gasteiger partial charge in [-0.15, -0.1) is 0 Å². The standard InChI is InChI=1S/C31H39NO5/c1-21-13-12-18-31(5,6)24(21)20-23-26(35-7)16-11-17-27(23)36-28(33)25(19-22-14-9-8-10-15-22)32-29(34)37-30(2,3)4/h8-11,13-17,20,25H,12,18-19H2,1-7H3,(H,32,34)/b24-20+/t25-/m0/s1. The van der Waals surface area contributed by atoms with Crippen molar-refractivity contribution in [3.63, 3.8) is 0 Å². The average molecular weight is 506 g/mol. The first-order chi connectivity index (χ1) is 17.4. The molecule has 0 aromatic heterocycles. The van der Waals surface area contributed by atoms with Crippen molar-refractivity contribution in [2.24, 2.45) is 5.41 Å². The molecule has 1 atom stereocenters. The number of benzene rings is 2. The Morgan fingerprint density at radius 1 is 1.05 bits per heavy atom. The molecule has 198 valence electrons. The second-order valence-electron chi connectivity index (χ2n) is 11.0. The minimum atomic E-state index is -0.947. The minimum absolute atomic E-state index is 0.0327. The number of hydrogen-bond donors (Lipinski definition) is 1. The van der Waals surface area contributed by atoms with Gasteiger partial charge in [-0.25, -0.2) is 9.59 Å². The van der Waals surface area contributed by atoms with Gasteiger partial charge in [0.25, 0.3) is 0 Å². The maximum atomic E-state index is 13.5. The molecule has 0 unspecified atom stereocenters. The first kappa shape index (κ1) is 28.0. The fourth-order valence-electron chi connectivity index (χ4n) is 4.49. The van der Waals surface area contributed by atoms with E-state index in [2.05, 4.69) is 38.2 Å². The fourth-order valence-corrected chi connectivity index (χ4v) is 4.49. The highest BCUT2D eigenvalue weighted by Crippen LogP contribution is 2.43. The Balaban J connectivity index is 1.95. The summed E-state index contributed by atoms with van der Waals surface area (Å²) < 4.78 is 17.0. The van der Waals surface area contributed by atoms with Crippen molar-refractivity contribution in [1.82, 2.24) is 5.32 Å². The zero-order chi connectivity index (χ0) is 27.2. The van der Waals surface area contributed by atoms with E-state index in [9.17, 15) is 9.59 Å². The van der Waals surface area contributed by atoms with Crippen molar-refractivity contribution in [2.45, 2.75) is 72.4 Å². The van der Waals surface area contributed by atoms with Crippen LogP contribution in [0.5, 0.6) is 11.5 Å². The van der Waals surface area contributed by atoms with E-state index >= 15 is 0 Å². The van der Waals surface area contributed by atoms with Gasteiger partial charge in [-0.2, -0.15) is 0 Å². The lowest BCUT2D eigenvalue weighted by Crippen LogP contribution is -2.46. The third-order valence-corrected chi connectivity index (χ3v) is 6.38. The molecule has 0 aliphatic heterocycles. The molecule has 2 aromatic rings. The molecule has 2 aromatic carbocycles. The highest BCUT2D eigenvalue weighted by atomic mass is 16.6. The monoisotopic (exact) mass is 505 g/mol. The van der Waals surface area contributed by atoms with Gasteiger partial charge in [0.05, 0.1) is 12.7 Å². The molecule has 1 aliphatic carbocycles. The molecule has 6 nitrogen and oxygen atoms in total. The van der Waals surface area contributed by atoms with Crippen LogP contribution in [-0.2, 0) is 16.0 Å². The lowest BCUT2D eigenvalue weighted by atomic mass is 9.72. The van der Waals surface area contributed by atoms with Gasteiger partial charge in [0.1, 0.15) is 23.1 Å². The maximum absolute atomic E-state index is 13.5. The summed E-state index contributed by atoms with van der Waals surface area (Å²) in [4.78, 5) is 26.1. The Kier molecular flexibility index (Phi) is 8.85. The molecule has 37 heavy (non-hydrogen) atoms. The molecule has 0 spiro atoms. The summed E-state index contributed by atoms with van der Waals surface area (Å²) >= 11 is 0. The SMILES string of the molecule is COc1cccc(OC(=O)[C@H](Cc2ccccc2)NC(=O)OC(C)(C)C)c1/C=C1\C(C)=CCCC1(C)C. The summed E-state index contributed by atoms with van der Waals surface area (Å²) in [5.41, 5.74) is 3.22. The molecule has 1 aliphatic rings. The fraction of sp³-hybridized carbons (Fsp3) is 0.419. The van der Waals surface area contributed by atoms with Gasteiger partial charge in [0.2, 0.25) is 0 Å². The quantitative estimate of drug-likeness (QED) is 0.328. The third-order valence-electron chi connectivity index (χ3n) is 6.38. The molecule has 0 saturated carbocycles. The van der Waals surface area contributed by atoms with E-state index < -0.39 is 23.7 Å². The number of alkyl carbamates (subject to hydrolysis) is 1. The van der Waals surface area contributed by atoms with Gasteiger partial charge < -0.3 is 19.5 Å². The molecule has 0 radical (unpaired) electrons. The molecule has 0 heterocycles. The van der Waals surface area contributed by atoms with Crippen LogP contribution in [0.15, 0.2) is 65.8 Å². The highest BCUT2D eigenvalue weighted by molar-refractivity contribution is 5.84. The first-order valence-electron chi connectivity index (χ1n) is 12.7. The van der Waals surface area contributed by atoms with E-state index in [1.54, 1.807) is 40.0 Å². The van der Waals surface area contributed by atoms with Crippen LogP contribution in [0.1, 0.15) is 65.5 Å². The van der Waals surface area contributed by atoms with E-state index in [1.165, 1.54) is 11.1 Å². The topological polar surface area (TPSA) is 73.9 Å². The molecule has 1 N–H and O–H groups in total. The second-order valence-corrected chi connectivity index (χ2v) is 11.0. The van der Waals surface area contributed by atoms with Crippen LogP contribution in [-0.4, -0.2) is 30.8 Å². The summed E-state index contributed by atoms with van der Waals surface area (Å²) in [6.07, 6.45) is 5.93. The van der Waals surface area contributed by atoms with Gasteiger partial charge in [0.15, 0.2) is 0 Å². The van der Waals surface area contributed by atoms with Crippen molar-refractivity contribution in [3.8, 4) is 11.5 Å². The smallest absolute Gasteiger partial charge is 0.408 e. The molecule has 6 heteroatoms. The number of allylic oxidation sites excluding steroid dienone is 3. The van der Waals surface area contributed by atoms with Crippen molar-refractivity contribution in [1.29, 1.82) is 0 Å². The molecular formula is C31H39NO5. The van der Waals surface area contributed by atoms with Crippen molar-refractivity contribution >= 4 is 18.1 Å². The number of methoxy groups -OCH3 is 1. The number of hydrogen-bond acceptors (Lipinski definition) is 5. The van der Waals surface area contributed by atoms with Gasteiger partial charge in [-0.1, -0.05) is 61.9 Å². The van der Waals surface area contributed by atoms with Crippen molar-refractivity contribution < 1.29 is 23.8 Å². The number of amides is 1. The summed E-state index contributed by atoms with van der Waals surface area (Å²) in [5.74, 6) is 0.388. The lowest BCUT2D eigenvalue weighted by Gasteiger charge is -2.33. The zero-order valence-electron chi connectivity index (χ0n) is 23.0. The minimum Gasteiger partial charge on any atom is -0.496 e. The van der Waals surface area contributed by atoms with Crippen LogP contribution in [0, 0.1) is 5.41 Å². The number of carbonyl (C=O) groups excluding carboxylic acids is 2. The third kappa shape index (κ3) is 7.72. The summed E-state index contributed by atoms with van der Waals surface area (Å²) in [6, 6.07) is 13.9. The Bertz CT molecular complexity index is 1170. The Morgan fingerprint density at radius 2 is 1.73 bits per heavy atom. The van der Waals surface area contributed by atoms with E-state index in [0.717, 1.165) is 18.4 Å². The summed E-state index contributed by atoms with van der Waals surface area (Å²) in [7, 11) is 1.60. The van der Waals surface area contributed by atoms with E-state index in [0.29, 0.717) is 17.1 Å². The molecule has 0 bridgehead atoms. The van der Waals surface area contributed by atoms with Gasteiger partial charge >= 0.3 is 12.1 Å². The number of carbonyl (C=O) groups is 2. The number of rotatable bonds is 7. The van der Waals surface area contributed by atoms with Crippen molar-refractivity contribution in [2.75, 3.05) is 7.11 Å². The molecule has 3 rings (SSSR count). The molecular weight excluding hydrogens is 466 g/mol. The Hall–Kier alpha value is -3.54. The van der Waals surface area contributed by atoms with Crippen LogP contribution >= 0.6 is 0 Å². The number of nitrogens with one attached hydrogen (secondary N) is 1. The van der Waals surface area contributed by atoms with E-state index in [1.807, 2.05) is 36.4 Å². The lowest BCUT2D eigenvalue weighted by molar-refractivity contribution is -0.136. The second kappa shape index (κ2) is 11.7. The Labute approximate surface area is 220 Å². The summed E-state index contributed by atoms with van der Waals surface area (Å²) in [6.45, 7) is 11.9. The van der Waals surface area contributed by atoms with Crippen LogP contribution in [0.3, 0.4) is 0 Å². The maximum Gasteiger partial charge on any atom is 0.408 e. The van der Waals surface area contributed by atoms with Gasteiger partial charge in [0, 0.05) is 6.42 Å². The van der Waals surface area contributed by atoms with Crippen LogP contribution in [0.4, 0.5) is 4.79 Å². The van der Waals surface area contributed by atoms with E-state index in [-0.39, 0.29) is 11.8 Å². The molecule has 0 fully saturated rings. The normalized spacial score (nSPS) is 16.9. The Morgan fingerprint density at radius 3 is 2.35 bits per heavy atom. The predicted octanol–water partition coefficient (Wildman–Crippen LogP) is 6.89. The summed E-state index contributed by atoms with van der Waals surface area (Å²) in [5, 5.41) is 2.70. The molecule has 0 saturated heterocycles. The average Bonchev–Trinajstić information content (AvgIpc) is 2.81. The van der Waals surface area contributed by atoms with Crippen LogP contribution in [0.25, 0.3) is 6.08 Å². The predicted molar refractivity (Wildman–Crippen MR) is 147 cm³/mol. The van der Waals surface area contributed by atoms with E-state index in [4.69, 9.17) is 14.2 Å². The van der Waals surface area contributed by atoms with Crippen molar-refractivity contribution in [3.05, 3.63) is 76.9 Å². The first-order valence-corrected chi connectivity index (χ1v) is 12.7. The van der Waals surface area contributed by atoms with Gasteiger partial charge in [-0.3, -0.25) is 0 Å². The van der Waals surface area contributed by atoms with Gasteiger partial charge in [-0.05, 0) is 75.3 Å². The van der Waals surface area contributed by atoms with Crippen LogP contribution in [0.2, 0.25) is 0 Å². The van der Waals surface area contributed by atoms with Crippen LogP contribution < -0.4 is 14.8 Å². The highest BCUT2D eigenvalue weighted by Gasteiger charge is 2.30. The largest absolute Gasteiger partial charge is 0.496 e. The zero-order valence-corrected chi connectivity index (χ0v) is 23.0. The number of esters is 1. The molecule has 1 amide bonds.